The van der Waals surface area contributed by atoms with Gasteiger partial charge in [-0.05, 0) is 35.2 Å². The highest BCUT2D eigenvalue weighted by Crippen LogP contribution is 2.40. The number of fused-ring (bicyclic) bond motifs is 1. The van der Waals surface area contributed by atoms with E-state index in [0.717, 1.165) is 5.56 Å². The number of hydrogen-bond acceptors (Lipinski definition) is 4. The van der Waals surface area contributed by atoms with Crippen LogP contribution in [0.3, 0.4) is 0 Å². The van der Waals surface area contributed by atoms with E-state index in [0.29, 0.717) is 29.7 Å². The molecule has 1 aromatic heterocycles. The number of carbonyl (C=O) groups excluding carboxylic acids is 1. The topological polar surface area (TPSA) is 64.3 Å². The molecule has 0 saturated carbocycles. The Bertz CT molecular complexity index is 1340. The number of hydrogen-bond donors (Lipinski definition) is 0. The number of Topliss-reactive ketones (excluding diaryl/α,β-unsaturated/α-hetero) is 1. The third kappa shape index (κ3) is 3.69. The number of benzene rings is 3. The van der Waals surface area contributed by atoms with E-state index in [1.807, 2.05) is 48.5 Å². The summed E-state index contributed by atoms with van der Waals surface area (Å²) in [7, 11) is -3.79. The molecule has 0 aliphatic heterocycles. The normalized spacial score (nSPS) is 17.0. The van der Waals surface area contributed by atoms with Crippen molar-refractivity contribution in [3.8, 4) is 0 Å². The Balaban J connectivity index is 1.60. The first kappa shape index (κ1) is 20.5. The van der Waals surface area contributed by atoms with Crippen molar-refractivity contribution in [2.24, 2.45) is 0 Å². The van der Waals surface area contributed by atoms with E-state index in [9.17, 15) is 13.2 Å². The Kier molecular flexibility index (Phi) is 5.27. The van der Waals surface area contributed by atoms with E-state index in [4.69, 9.17) is 4.42 Å². The second-order valence-electron chi connectivity index (χ2n) is 8.07. The average Bonchev–Trinajstić information content (AvgIpc) is 3.25. The van der Waals surface area contributed by atoms with E-state index < -0.39 is 15.1 Å². The number of furan rings is 1. The maximum absolute atomic E-state index is 13.7. The summed E-state index contributed by atoms with van der Waals surface area (Å²) < 4.78 is 33.5. The minimum atomic E-state index is -3.79. The minimum Gasteiger partial charge on any atom is -0.464 e. The summed E-state index contributed by atoms with van der Waals surface area (Å²) in [6.45, 7) is 0. The van der Waals surface area contributed by atoms with Gasteiger partial charge in [-0.25, -0.2) is 8.42 Å². The summed E-state index contributed by atoms with van der Waals surface area (Å²) in [4.78, 5) is 13.2. The Morgan fingerprint density at radius 3 is 2.03 bits per heavy atom. The summed E-state index contributed by atoms with van der Waals surface area (Å²) in [5.74, 6) is 0.858. The third-order valence-electron chi connectivity index (χ3n) is 6.01. The number of ketones is 1. The third-order valence-corrected chi connectivity index (χ3v) is 8.06. The molecule has 1 aliphatic rings. The molecule has 0 N–H and O–H groups in total. The van der Waals surface area contributed by atoms with Gasteiger partial charge in [0.2, 0.25) is 0 Å². The zero-order valence-electron chi connectivity index (χ0n) is 17.3. The lowest BCUT2D eigenvalue weighted by Gasteiger charge is -2.20. The first-order valence-corrected chi connectivity index (χ1v) is 12.1. The molecule has 32 heavy (non-hydrogen) atoms. The molecule has 2 atom stereocenters. The second kappa shape index (κ2) is 8.24. The van der Waals surface area contributed by atoms with E-state index in [2.05, 4.69) is 0 Å². The predicted octanol–water partition coefficient (Wildman–Crippen LogP) is 5.76. The van der Waals surface area contributed by atoms with E-state index in [-0.39, 0.29) is 22.4 Å². The number of carbonyl (C=O) groups is 1. The van der Waals surface area contributed by atoms with Crippen LogP contribution in [0.4, 0.5) is 0 Å². The molecular formula is C27H22O4S. The van der Waals surface area contributed by atoms with Crippen molar-refractivity contribution < 1.29 is 17.6 Å². The van der Waals surface area contributed by atoms with Crippen LogP contribution in [0.1, 0.15) is 50.6 Å². The molecule has 5 heteroatoms. The molecule has 1 heterocycles. The lowest BCUT2D eigenvalue weighted by atomic mass is 9.83. The SMILES string of the molecule is O=C1CC(c2ccccc2)Cc2oc(C(c3ccccc3)S(=O)(=O)c3ccccc3)cc21. The number of rotatable bonds is 5. The summed E-state index contributed by atoms with van der Waals surface area (Å²) >= 11 is 0. The van der Waals surface area contributed by atoms with E-state index in [1.54, 1.807) is 48.5 Å². The fourth-order valence-electron chi connectivity index (χ4n) is 4.43. The smallest absolute Gasteiger partial charge is 0.192 e. The van der Waals surface area contributed by atoms with Gasteiger partial charge >= 0.3 is 0 Å². The van der Waals surface area contributed by atoms with Gasteiger partial charge in [-0.3, -0.25) is 4.79 Å². The second-order valence-corrected chi connectivity index (χ2v) is 10.1. The Morgan fingerprint density at radius 2 is 1.38 bits per heavy atom. The van der Waals surface area contributed by atoms with Gasteiger partial charge in [0.25, 0.3) is 0 Å². The van der Waals surface area contributed by atoms with E-state index >= 15 is 0 Å². The van der Waals surface area contributed by atoms with Crippen molar-refractivity contribution in [2.45, 2.75) is 28.9 Å². The fourth-order valence-corrected chi connectivity index (χ4v) is 6.17. The van der Waals surface area contributed by atoms with Gasteiger partial charge in [-0.2, -0.15) is 0 Å². The van der Waals surface area contributed by atoms with Crippen LogP contribution in [0.5, 0.6) is 0 Å². The number of sulfone groups is 1. The Morgan fingerprint density at radius 1 is 0.781 bits per heavy atom. The summed E-state index contributed by atoms with van der Waals surface area (Å²) in [6.07, 6.45) is 0.954. The molecule has 2 unspecified atom stereocenters. The highest BCUT2D eigenvalue weighted by Gasteiger charge is 2.37. The van der Waals surface area contributed by atoms with Gasteiger partial charge in [0.15, 0.2) is 15.6 Å². The van der Waals surface area contributed by atoms with Crippen molar-refractivity contribution in [2.75, 3.05) is 0 Å². The summed E-state index contributed by atoms with van der Waals surface area (Å²) in [6, 6.07) is 28.9. The molecule has 0 fully saturated rings. The van der Waals surface area contributed by atoms with Crippen LogP contribution >= 0.6 is 0 Å². The van der Waals surface area contributed by atoms with Crippen molar-refractivity contribution in [1.29, 1.82) is 0 Å². The van der Waals surface area contributed by atoms with E-state index in [1.165, 1.54) is 0 Å². The van der Waals surface area contributed by atoms with Gasteiger partial charge in [-0.1, -0.05) is 78.9 Å². The van der Waals surface area contributed by atoms with Crippen LogP contribution in [0.2, 0.25) is 0 Å². The lowest BCUT2D eigenvalue weighted by molar-refractivity contribution is 0.0960. The molecule has 0 spiro atoms. The Labute approximate surface area is 187 Å². The first-order valence-electron chi connectivity index (χ1n) is 10.6. The maximum Gasteiger partial charge on any atom is 0.192 e. The van der Waals surface area contributed by atoms with Gasteiger partial charge in [0, 0.05) is 12.8 Å². The quantitative estimate of drug-likeness (QED) is 0.394. The van der Waals surface area contributed by atoms with Crippen LogP contribution < -0.4 is 0 Å². The molecule has 160 valence electrons. The largest absolute Gasteiger partial charge is 0.464 e. The zero-order chi connectivity index (χ0) is 22.1. The standard InChI is InChI=1S/C27H22O4S/c28-24-16-21(19-10-4-1-5-11-19)17-25-23(24)18-26(31-25)27(20-12-6-2-7-13-20)32(29,30)22-14-8-3-9-15-22/h1-15,18,21,27H,16-17H2. The predicted molar refractivity (Wildman–Crippen MR) is 122 cm³/mol. The highest BCUT2D eigenvalue weighted by atomic mass is 32.2. The zero-order valence-corrected chi connectivity index (χ0v) is 18.2. The van der Waals surface area contributed by atoms with Crippen molar-refractivity contribution in [3.63, 3.8) is 0 Å². The van der Waals surface area contributed by atoms with Crippen LogP contribution in [-0.4, -0.2) is 14.2 Å². The van der Waals surface area contributed by atoms with Crippen LogP contribution in [0.15, 0.2) is 106 Å². The average molecular weight is 443 g/mol. The molecule has 0 radical (unpaired) electrons. The van der Waals surface area contributed by atoms with Crippen LogP contribution in [0.25, 0.3) is 0 Å². The van der Waals surface area contributed by atoms with Crippen molar-refractivity contribution in [1.82, 2.24) is 0 Å². The van der Waals surface area contributed by atoms with Gasteiger partial charge in [0.1, 0.15) is 16.8 Å². The van der Waals surface area contributed by atoms with Gasteiger partial charge in [-0.15, -0.1) is 0 Å². The highest BCUT2D eigenvalue weighted by molar-refractivity contribution is 7.91. The van der Waals surface area contributed by atoms with Crippen molar-refractivity contribution >= 4 is 15.6 Å². The van der Waals surface area contributed by atoms with Crippen LogP contribution in [-0.2, 0) is 16.3 Å². The molecule has 4 nitrogen and oxygen atoms in total. The first-order chi connectivity index (χ1) is 15.5. The molecule has 0 amide bonds. The van der Waals surface area contributed by atoms with Crippen LogP contribution in [0, 0.1) is 0 Å². The summed E-state index contributed by atoms with van der Waals surface area (Å²) in [5, 5.41) is -1.03. The molecular weight excluding hydrogens is 420 g/mol. The molecule has 5 rings (SSSR count). The Hall–Kier alpha value is -3.44. The van der Waals surface area contributed by atoms with Crippen molar-refractivity contribution in [3.05, 3.63) is 125 Å². The molecule has 0 bridgehead atoms. The van der Waals surface area contributed by atoms with Gasteiger partial charge in [0.05, 0.1) is 10.5 Å². The molecule has 1 aliphatic carbocycles. The minimum absolute atomic E-state index is 0.0148. The molecule has 0 saturated heterocycles. The monoisotopic (exact) mass is 442 g/mol. The molecule has 3 aromatic carbocycles. The summed E-state index contributed by atoms with van der Waals surface area (Å²) in [5.41, 5.74) is 2.19. The lowest BCUT2D eigenvalue weighted by Crippen LogP contribution is -2.17. The maximum atomic E-state index is 13.7. The molecule has 4 aromatic rings. The van der Waals surface area contributed by atoms with Gasteiger partial charge < -0.3 is 4.42 Å². The fraction of sp³-hybridized carbons (Fsp3) is 0.148.